The summed E-state index contributed by atoms with van der Waals surface area (Å²) in [5, 5.41) is 2.65. The Morgan fingerprint density at radius 2 is 2.04 bits per heavy atom. The van der Waals surface area contributed by atoms with Crippen molar-refractivity contribution in [2.45, 2.75) is 19.0 Å². The molecule has 1 saturated heterocycles. The maximum Gasteiger partial charge on any atom is 0.393 e. The summed E-state index contributed by atoms with van der Waals surface area (Å²) >= 11 is 0. The van der Waals surface area contributed by atoms with Gasteiger partial charge in [-0.3, -0.25) is 9.69 Å². The Labute approximate surface area is 135 Å². The number of anilines is 1. The van der Waals surface area contributed by atoms with Crippen LogP contribution in [-0.2, 0) is 4.79 Å². The molecule has 2 aromatic rings. The minimum absolute atomic E-state index is 0.0890. The van der Waals surface area contributed by atoms with Crippen molar-refractivity contribution in [2.75, 3.05) is 25.0 Å². The van der Waals surface area contributed by atoms with Crippen molar-refractivity contribution in [1.29, 1.82) is 0 Å². The number of imidazole rings is 1. The monoisotopic (exact) mass is 342 g/mol. The summed E-state index contributed by atoms with van der Waals surface area (Å²) in [5.74, 6) is -1.75. The van der Waals surface area contributed by atoms with Gasteiger partial charge in [0.1, 0.15) is 0 Å². The first-order valence-electron chi connectivity index (χ1n) is 7.62. The summed E-state index contributed by atoms with van der Waals surface area (Å²) in [7, 11) is 0. The Kier molecular flexibility index (Phi) is 4.35. The van der Waals surface area contributed by atoms with E-state index < -0.39 is 12.1 Å². The highest BCUT2D eigenvalue weighted by molar-refractivity contribution is 5.94. The van der Waals surface area contributed by atoms with Gasteiger partial charge in [0.15, 0.2) is 0 Å². The number of hydrogen-bond acceptors (Lipinski definition) is 3. The number of alkyl halides is 3. The van der Waals surface area contributed by atoms with Crippen LogP contribution in [0.4, 0.5) is 18.9 Å². The van der Waals surface area contributed by atoms with Crippen LogP contribution in [0.5, 0.6) is 0 Å². The highest BCUT2D eigenvalue weighted by Crippen LogP contribution is 2.32. The predicted octanol–water partition coefficient (Wildman–Crippen LogP) is 2.07. The average molecular weight is 342 g/mol. The minimum Gasteiger partial charge on any atom is -0.325 e. The summed E-state index contributed by atoms with van der Waals surface area (Å²) < 4.78 is 38.4. The summed E-state index contributed by atoms with van der Waals surface area (Å²) in [6, 6.07) is 4.86. The zero-order valence-corrected chi connectivity index (χ0v) is 12.7. The first-order valence-corrected chi connectivity index (χ1v) is 7.62. The van der Waals surface area contributed by atoms with Crippen LogP contribution in [-0.4, -0.2) is 46.6 Å². The molecule has 2 heterocycles. The molecule has 0 bridgehead atoms. The van der Waals surface area contributed by atoms with Crippen LogP contribution in [0.15, 0.2) is 23.0 Å². The number of aromatic amines is 2. The standard InChI is InChI=1S/C15H17F3N4O2/c16-15(17,18)9-2-1-5-22(7-9)8-13(23)19-10-3-4-11-12(6-10)21-14(24)20-11/h3-4,6,9H,1-2,5,7-8H2,(H,19,23)(H2,20,21,24). The third-order valence-corrected chi connectivity index (χ3v) is 4.14. The fraction of sp³-hybridized carbons (Fsp3) is 0.467. The zero-order chi connectivity index (χ0) is 17.3. The zero-order valence-electron chi connectivity index (χ0n) is 12.7. The molecule has 3 rings (SSSR count). The van der Waals surface area contributed by atoms with Gasteiger partial charge in [-0.25, -0.2) is 4.79 Å². The minimum atomic E-state index is -4.22. The van der Waals surface area contributed by atoms with Crippen LogP contribution in [0.3, 0.4) is 0 Å². The molecule has 1 aromatic heterocycles. The molecular weight excluding hydrogens is 325 g/mol. The van der Waals surface area contributed by atoms with E-state index in [9.17, 15) is 22.8 Å². The number of carbonyl (C=O) groups is 1. The van der Waals surface area contributed by atoms with Gasteiger partial charge in [-0.2, -0.15) is 13.2 Å². The van der Waals surface area contributed by atoms with Crippen molar-refractivity contribution < 1.29 is 18.0 Å². The lowest BCUT2D eigenvalue weighted by atomic mass is 9.97. The smallest absolute Gasteiger partial charge is 0.325 e. The molecule has 130 valence electrons. The number of aromatic nitrogens is 2. The number of likely N-dealkylation sites (tertiary alicyclic amines) is 1. The number of halogens is 3. The van der Waals surface area contributed by atoms with E-state index in [1.807, 2.05) is 0 Å². The molecular formula is C15H17F3N4O2. The van der Waals surface area contributed by atoms with Crippen LogP contribution in [0.2, 0.25) is 0 Å². The Morgan fingerprint density at radius 1 is 1.29 bits per heavy atom. The van der Waals surface area contributed by atoms with Gasteiger partial charge in [0.05, 0.1) is 23.5 Å². The number of hydrogen-bond donors (Lipinski definition) is 3. The van der Waals surface area contributed by atoms with E-state index in [0.717, 1.165) is 0 Å². The SMILES string of the molecule is O=C(CN1CCCC(C(F)(F)F)C1)Nc1ccc2[nH]c(=O)[nH]c2c1. The molecule has 1 amide bonds. The van der Waals surface area contributed by atoms with Crippen LogP contribution in [0.1, 0.15) is 12.8 Å². The van der Waals surface area contributed by atoms with Gasteiger partial charge in [-0.15, -0.1) is 0 Å². The molecule has 0 aliphatic carbocycles. The van der Waals surface area contributed by atoms with E-state index in [4.69, 9.17) is 0 Å². The summed E-state index contributed by atoms with van der Waals surface area (Å²) in [5.41, 5.74) is 1.29. The fourth-order valence-corrected chi connectivity index (χ4v) is 2.98. The van der Waals surface area contributed by atoms with Gasteiger partial charge >= 0.3 is 11.9 Å². The van der Waals surface area contributed by atoms with Crippen LogP contribution < -0.4 is 11.0 Å². The molecule has 1 aliphatic heterocycles. The average Bonchev–Trinajstić information content (AvgIpc) is 2.86. The molecule has 1 unspecified atom stereocenters. The second kappa shape index (κ2) is 6.31. The molecule has 1 aromatic carbocycles. The maximum atomic E-state index is 12.8. The summed E-state index contributed by atoms with van der Waals surface area (Å²) in [6.07, 6.45) is -3.69. The Balaban J connectivity index is 1.61. The van der Waals surface area contributed by atoms with Crippen LogP contribution in [0, 0.1) is 5.92 Å². The van der Waals surface area contributed by atoms with Gasteiger partial charge in [-0.05, 0) is 37.6 Å². The molecule has 3 N–H and O–H groups in total. The lowest BCUT2D eigenvalue weighted by Crippen LogP contribution is -2.44. The van der Waals surface area contributed by atoms with Gasteiger partial charge in [-0.1, -0.05) is 0 Å². The van der Waals surface area contributed by atoms with Crippen LogP contribution in [0.25, 0.3) is 11.0 Å². The topological polar surface area (TPSA) is 81.0 Å². The van der Waals surface area contributed by atoms with E-state index >= 15 is 0 Å². The Bertz CT molecular complexity index is 796. The van der Waals surface area contributed by atoms with E-state index in [1.54, 1.807) is 18.2 Å². The highest BCUT2D eigenvalue weighted by Gasteiger charge is 2.41. The van der Waals surface area contributed by atoms with Crippen molar-refractivity contribution in [1.82, 2.24) is 14.9 Å². The molecule has 1 aliphatic rings. The number of rotatable bonds is 3. The number of fused-ring (bicyclic) bond motifs is 1. The molecule has 9 heteroatoms. The normalized spacial score (nSPS) is 19.5. The van der Waals surface area contributed by atoms with Gasteiger partial charge in [0.2, 0.25) is 5.91 Å². The van der Waals surface area contributed by atoms with Crippen molar-refractivity contribution in [3.63, 3.8) is 0 Å². The van der Waals surface area contributed by atoms with Crippen molar-refractivity contribution in [3.05, 3.63) is 28.7 Å². The molecule has 0 spiro atoms. The van der Waals surface area contributed by atoms with E-state index in [2.05, 4.69) is 15.3 Å². The Morgan fingerprint density at radius 3 is 2.79 bits per heavy atom. The number of H-pyrrole nitrogens is 2. The third-order valence-electron chi connectivity index (χ3n) is 4.14. The van der Waals surface area contributed by atoms with Crippen molar-refractivity contribution >= 4 is 22.6 Å². The maximum absolute atomic E-state index is 12.8. The summed E-state index contributed by atoms with van der Waals surface area (Å²) in [6.45, 7) is 0.236. The molecule has 0 radical (unpaired) electrons. The second-order valence-electron chi connectivity index (χ2n) is 6.00. The lowest BCUT2D eigenvalue weighted by molar-refractivity contribution is -0.186. The number of amides is 1. The third kappa shape index (κ3) is 3.78. The largest absolute Gasteiger partial charge is 0.393 e. The number of nitrogens with zero attached hydrogens (tertiary/aromatic N) is 1. The van der Waals surface area contributed by atoms with Crippen molar-refractivity contribution in [3.8, 4) is 0 Å². The number of benzene rings is 1. The van der Waals surface area contributed by atoms with Gasteiger partial charge in [0, 0.05) is 12.2 Å². The Hall–Kier alpha value is -2.29. The quantitative estimate of drug-likeness (QED) is 0.799. The molecule has 24 heavy (non-hydrogen) atoms. The van der Waals surface area contributed by atoms with Crippen molar-refractivity contribution in [2.24, 2.45) is 5.92 Å². The molecule has 1 fully saturated rings. The molecule has 1 atom stereocenters. The van der Waals surface area contributed by atoms with Gasteiger partial charge in [0.25, 0.3) is 0 Å². The number of carbonyl (C=O) groups excluding carboxylic acids is 1. The number of piperidine rings is 1. The number of nitrogens with one attached hydrogen (secondary N) is 3. The second-order valence-corrected chi connectivity index (χ2v) is 6.00. The van der Waals surface area contributed by atoms with E-state index in [1.165, 1.54) is 4.90 Å². The van der Waals surface area contributed by atoms with E-state index in [-0.39, 0.29) is 31.1 Å². The predicted molar refractivity (Wildman–Crippen MR) is 82.8 cm³/mol. The molecule has 0 saturated carbocycles. The fourth-order valence-electron chi connectivity index (χ4n) is 2.98. The summed E-state index contributed by atoms with van der Waals surface area (Å²) in [4.78, 5) is 29.9. The lowest BCUT2D eigenvalue weighted by Gasteiger charge is -2.33. The molecule has 6 nitrogen and oxygen atoms in total. The van der Waals surface area contributed by atoms with Crippen LogP contribution >= 0.6 is 0 Å². The highest BCUT2D eigenvalue weighted by atomic mass is 19.4. The first-order chi connectivity index (χ1) is 11.3. The first kappa shape index (κ1) is 16.6. The van der Waals surface area contributed by atoms with E-state index in [0.29, 0.717) is 29.7 Å². The van der Waals surface area contributed by atoms with Gasteiger partial charge < -0.3 is 15.3 Å².